The van der Waals surface area contributed by atoms with Crippen LogP contribution < -0.4 is 0 Å². The van der Waals surface area contributed by atoms with E-state index in [0.29, 0.717) is 5.57 Å². The fourth-order valence-electron chi connectivity index (χ4n) is 6.75. The van der Waals surface area contributed by atoms with Crippen LogP contribution in [0.5, 0.6) is 0 Å². The van der Waals surface area contributed by atoms with Crippen LogP contribution in [0.15, 0.2) is 11.6 Å². The van der Waals surface area contributed by atoms with Crippen LogP contribution in [0.2, 0.25) is 0 Å². The highest BCUT2D eigenvalue weighted by atomic mass is 16.6. The van der Waals surface area contributed by atoms with E-state index < -0.39 is 89.1 Å². The first-order chi connectivity index (χ1) is 18.5. The monoisotopic (exact) mass is 568 g/mol. The van der Waals surface area contributed by atoms with Crippen LogP contribution >= 0.6 is 0 Å². The van der Waals surface area contributed by atoms with Gasteiger partial charge in [0.1, 0.15) is 30.5 Å². The number of carbonyl (C=O) groups is 5. The Morgan fingerprint density at radius 3 is 2.10 bits per heavy atom. The Labute approximate surface area is 233 Å². The van der Waals surface area contributed by atoms with E-state index in [0.717, 1.165) is 0 Å². The Bertz CT molecular complexity index is 1070. The quantitative estimate of drug-likeness (QED) is 0.278. The van der Waals surface area contributed by atoms with Crippen molar-refractivity contribution in [1.82, 2.24) is 0 Å². The summed E-state index contributed by atoms with van der Waals surface area (Å²) in [6.07, 6.45) is -3.99. The van der Waals surface area contributed by atoms with Crippen molar-refractivity contribution < 1.29 is 57.9 Å². The average molecular weight is 569 g/mol. The molecule has 3 rings (SSSR count). The van der Waals surface area contributed by atoms with E-state index in [-0.39, 0.29) is 25.9 Å². The maximum absolute atomic E-state index is 12.8. The molecular weight excluding hydrogens is 528 g/mol. The molecule has 1 heterocycles. The van der Waals surface area contributed by atoms with Crippen LogP contribution in [0.4, 0.5) is 0 Å². The lowest BCUT2D eigenvalue weighted by Crippen LogP contribution is -2.68. The van der Waals surface area contributed by atoms with E-state index in [2.05, 4.69) is 0 Å². The zero-order valence-corrected chi connectivity index (χ0v) is 24.0. The van der Waals surface area contributed by atoms with E-state index in [9.17, 15) is 34.2 Å². The van der Waals surface area contributed by atoms with Crippen LogP contribution in [0, 0.1) is 23.2 Å². The van der Waals surface area contributed by atoms with E-state index in [4.69, 9.17) is 23.7 Å². The van der Waals surface area contributed by atoms with E-state index >= 15 is 0 Å². The van der Waals surface area contributed by atoms with Gasteiger partial charge in [0.25, 0.3) is 0 Å². The summed E-state index contributed by atoms with van der Waals surface area (Å²) in [7, 11) is 0. The Morgan fingerprint density at radius 1 is 0.975 bits per heavy atom. The molecule has 2 aliphatic carbocycles. The topological polar surface area (TPSA) is 172 Å². The van der Waals surface area contributed by atoms with Crippen molar-refractivity contribution in [3.8, 4) is 0 Å². The van der Waals surface area contributed by atoms with Crippen molar-refractivity contribution in [1.29, 1.82) is 0 Å². The first-order valence-electron chi connectivity index (χ1n) is 13.5. The molecule has 3 aliphatic rings. The number of carbonyl (C=O) groups excluding carboxylic acids is 5. The largest absolute Gasteiger partial charge is 0.462 e. The number of hydrogen-bond donors (Lipinski definition) is 2. The SMILES string of the molecule is CC(=O)OC/C1=C/[C@@H]2OC(=O)[C@H](C)[C@@]2(O)[C@@H](O)[C@H]2[C@@H](C)[C@H](OC(C)=O)C[C@H](OC(C)=O)[C@]2(C)[C@@H](OC(C)=O)CC1. The second kappa shape index (κ2) is 11.9. The molecule has 0 aromatic carbocycles. The van der Waals surface area contributed by atoms with Crippen molar-refractivity contribution in [2.75, 3.05) is 6.61 Å². The summed E-state index contributed by atoms with van der Waals surface area (Å²) >= 11 is 0. The first kappa shape index (κ1) is 31.5. The van der Waals surface area contributed by atoms with Crippen molar-refractivity contribution in [2.45, 2.75) is 104 Å². The maximum atomic E-state index is 12.8. The zero-order valence-electron chi connectivity index (χ0n) is 24.0. The number of esters is 5. The first-order valence-corrected chi connectivity index (χ1v) is 13.5. The molecule has 0 aromatic heterocycles. The van der Waals surface area contributed by atoms with Gasteiger partial charge in [-0.05, 0) is 37.3 Å². The second-order valence-corrected chi connectivity index (χ2v) is 11.4. The number of hydrogen-bond acceptors (Lipinski definition) is 12. The van der Waals surface area contributed by atoms with Gasteiger partial charge in [-0.15, -0.1) is 0 Å². The molecule has 0 radical (unpaired) electrons. The van der Waals surface area contributed by atoms with Gasteiger partial charge in [0.15, 0.2) is 6.10 Å². The van der Waals surface area contributed by atoms with Gasteiger partial charge in [0.2, 0.25) is 0 Å². The number of aliphatic hydroxyl groups excluding tert-OH is 1. The lowest BCUT2D eigenvalue weighted by atomic mass is 9.52. The summed E-state index contributed by atoms with van der Waals surface area (Å²) in [5.74, 6) is -6.02. The Morgan fingerprint density at radius 2 is 1.55 bits per heavy atom. The molecule has 1 saturated heterocycles. The molecule has 0 spiro atoms. The van der Waals surface area contributed by atoms with Crippen LogP contribution in [0.25, 0.3) is 0 Å². The molecule has 2 fully saturated rings. The number of ether oxygens (including phenoxy) is 5. The van der Waals surface area contributed by atoms with Crippen molar-refractivity contribution in [3.63, 3.8) is 0 Å². The molecule has 12 nitrogen and oxygen atoms in total. The highest BCUT2D eigenvalue weighted by molar-refractivity contribution is 5.77. The number of fused-ring (bicyclic) bond motifs is 2. The lowest BCUT2D eigenvalue weighted by Gasteiger charge is -2.57. The van der Waals surface area contributed by atoms with Crippen molar-refractivity contribution >= 4 is 29.8 Å². The minimum atomic E-state index is -2.18. The van der Waals surface area contributed by atoms with Gasteiger partial charge in [-0.3, -0.25) is 24.0 Å². The zero-order chi connectivity index (χ0) is 30.2. The summed E-state index contributed by atoms with van der Waals surface area (Å²) in [5.41, 5.74) is -3.05. The molecular formula is C28H40O12. The summed E-state index contributed by atoms with van der Waals surface area (Å²) in [4.78, 5) is 61.0. The standard InChI is InChI=1S/C28H40O12/c1-13-20(37-16(4)30)11-22(39-18(6)32)27(7)21(38-17(5)31)9-8-19(12-36-15(3)29)10-23-28(35,25(33)24(13)27)14(2)26(34)40-23/h10,13-14,20-25,33,35H,8-9,11-12H2,1-7H3/b19-10+/t13-,14-,20+,21-,22-,23-,24+,25-,27-,28-/m0/s1. The fraction of sp³-hybridized carbons (Fsp3) is 0.750. The van der Waals surface area contributed by atoms with Crippen LogP contribution in [0.3, 0.4) is 0 Å². The molecule has 0 aromatic rings. The third kappa shape index (κ3) is 5.88. The summed E-state index contributed by atoms with van der Waals surface area (Å²) in [6.45, 7) is 9.57. The molecule has 12 heteroatoms. The summed E-state index contributed by atoms with van der Waals surface area (Å²) in [5, 5.41) is 24.3. The van der Waals surface area contributed by atoms with Gasteiger partial charge in [0, 0.05) is 45.4 Å². The van der Waals surface area contributed by atoms with Gasteiger partial charge in [0.05, 0.1) is 12.0 Å². The van der Waals surface area contributed by atoms with Gasteiger partial charge >= 0.3 is 29.8 Å². The molecule has 10 atom stereocenters. The van der Waals surface area contributed by atoms with E-state index in [1.54, 1.807) is 13.8 Å². The Balaban J connectivity index is 2.29. The number of rotatable bonds is 5. The fourth-order valence-corrected chi connectivity index (χ4v) is 6.75. The highest BCUT2D eigenvalue weighted by Gasteiger charge is 2.67. The van der Waals surface area contributed by atoms with Crippen molar-refractivity contribution in [2.24, 2.45) is 23.2 Å². The molecule has 0 bridgehead atoms. The minimum absolute atomic E-state index is 0.0425. The van der Waals surface area contributed by atoms with Gasteiger partial charge < -0.3 is 33.9 Å². The molecule has 224 valence electrons. The molecule has 40 heavy (non-hydrogen) atoms. The molecule has 1 aliphatic heterocycles. The van der Waals surface area contributed by atoms with Crippen LogP contribution in [0.1, 0.15) is 67.7 Å². The van der Waals surface area contributed by atoms with Crippen LogP contribution in [-0.4, -0.2) is 82.8 Å². The third-order valence-electron chi connectivity index (χ3n) is 8.77. The lowest BCUT2D eigenvalue weighted by molar-refractivity contribution is -0.246. The number of aliphatic hydroxyl groups is 2. The summed E-state index contributed by atoms with van der Waals surface area (Å²) < 4.78 is 27.9. The van der Waals surface area contributed by atoms with Crippen LogP contribution in [-0.2, 0) is 47.7 Å². The second-order valence-electron chi connectivity index (χ2n) is 11.4. The molecule has 0 amide bonds. The van der Waals surface area contributed by atoms with Gasteiger partial charge in [-0.1, -0.05) is 13.8 Å². The molecule has 2 N–H and O–H groups in total. The maximum Gasteiger partial charge on any atom is 0.312 e. The van der Waals surface area contributed by atoms with E-state index in [1.807, 2.05) is 0 Å². The normalized spacial score (nSPS) is 40.7. The highest BCUT2D eigenvalue weighted by Crippen LogP contribution is 2.56. The smallest absolute Gasteiger partial charge is 0.312 e. The molecule has 0 unspecified atom stereocenters. The molecule has 1 saturated carbocycles. The average Bonchev–Trinajstić information content (AvgIpc) is 3.05. The summed E-state index contributed by atoms with van der Waals surface area (Å²) in [6, 6.07) is 0. The minimum Gasteiger partial charge on any atom is -0.462 e. The Kier molecular flexibility index (Phi) is 9.35. The van der Waals surface area contributed by atoms with Gasteiger partial charge in [-0.25, -0.2) is 0 Å². The van der Waals surface area contributed by atoms with Crippen molar-refractivity contribution in [3.05, 3.63) is 11.6 Å². The predicted octanol–water partition coefficient (Wildman–Crippen LogP) is 1.38. The predicted molar refractivity (Wildman–Crippen MR) is 136 cm³/mol. The van der Waals surface area contributed by atoms with E-state index in [1.165, 1.54) is 40.7 Å². The third-order valence-corrected chi connectivity index (χ3v) is 8.77. The Hall–Kier alpha value is -2.99. The van der Waals surface area contributed by atoms with Gasteiger partial charge in [-0.2, -0.15) is 0 Å².